The second-order valence-electron chi connectivity index (χ2n) is 5.48. The molecule has 2 aliphatic rings. The van der Waals surface area contributed by atoms with E-state index in [9.17, 15) is 0 Å². The van der Waals surface area contributed by atoms with E-state index in [1.54, 1.807) is 12.5 Å². The van der Waals surface area contributed by atoms with E-state index in [-0.39, 0.29) is 11.6 Å². The third-order valence-corrected chi connectivity index (χ3v) is 5.36. The van der Waals surface area contributed by atoms with Crippen molar-refractivity contribution in [3.8, 4) is 0 Å². The monoisotopic (exact) mass is 267 g/mol. The zero-order valence-electron chi connectivity index (χ0n) is 10.6. The first-order chi connectivity index (χ1) is 8.79. The molecule has 18 heavy (non-hydrogen) atoms. The van der Waals surface area contributed by atoms with Crippen LogP contribution in [0, 0.1) is 5.92 Å². The van der Waals surface area contributed by atoms with E-state index >= 15 is 0 Å². The van der Waals surface area contributed by atoms with Gasteiger partial charge in [-0.2, -0.15) is 11.8 Å². The van der Waals surface area contributed by atoms with Gasteiger partial charge in [0, 0.05) is 18.2 Å². The van der Waals surface area contributed by atoms with Gasteiger partial charge in [-0.05, 0) is 49.2 Å². The summed E-state index contributed by atoms with van der Waals surface area (Å²) in [7, 11) is 0. The van der Waals surface area contributed by atoms with Crippen LogP contribution in [0.3, 0.4) is 0 Å². The molecule has 3 nitrogen and oxygen atoms in total. The molecular weight excluding hydrogens is 246 g/mol. The Bertz CT molecular complexity index is 368. The second kappa shape index (κ2) is 5.27. The molecule has 2 aliphatic heterocycles. The molecule has 0 aromatic carbocycles. The van der Waals surface area contributed by atoms with E-state index in [2.05, 4.69) is 0 Å². The van der Waals surface area contributed by atoms with Crippen LogP contribution in [0.25, 0.3) is 0 Å². The average Bonchev–Trinajstić information content (AvgIpc) is 2.93. The minimum atomic E-state index is 0.0964. The number of thioether (sulfide) groups is 1. The minimum Gasteiger partial charge on any atom is -0.472 e. The fourth-order valence-corrected chi connectivity index (χ4v) is 4.44. The standard InChI is InChI=1S/C14H21NO2S/c15-13(12-1-5-16-10-12)11-2-6-17-14(9-11)3-7-18-8-4-14/h1,5,10-11,13H,2-4,6-9,15H2. The maximum Gasteiger partial charge on any atom is 0.0950 e. The summed E-state index contributed by atoms with van der Waals surface area (Å²) in [5.74, 6) is 2.99. The van der Waals surface area contributed by atoms with Crippen molar-refractivity contribution in [1.82, 2.24) is 0 Å². The van der Waals surface area contributed by atoms with E-state index < -0.39 is 0 Å². The molecule has 1 spiro atoms. The van der Waals surface area contributed by atoms with Crippen LogP contribution in [0.15, 0.2) is 23.0 Å². The molecule has 0 bridgehead atoms. The number of ether oxygens (including phenoxy) is 1. The number of rotatable bonds is 2. The molecule has 3 heterocycles. The van der Waals surface area contributed by atoms with Crippen molar-refractivity contribution in [1.29, 1.82) is 0 Å². The molecule has 2 fully saturated rings. The lowest BCUT2D eigenvalue weighted by Crippen LogP contribution is -2.45. The van der Waals surface area contributed by atoms with Crippen LogP contribution < -0.4 is 5.73 Å². The SMILES string of the molecule is NC(c1ccoc1)C1CCOC2(CCSCC2)C1. The van der Waals surface area contributed by atoms with Crippen molar-refractivity contribution in [2.75, 3.05) is 18.1 Å². The Kier molecular flexibility index (Phi) is 3.68. The summed E-state index contributed by atoms with van der Waals surface area (Å²) in [4.78, 5) is 0. The Labute approximate surface area is 112 Å². The number of hydrogen-bond donors (Lipinski definition) is 1. The van der Waals surface area contributed by atoms with E-state index in [0.717, 1.165) is 25.0 Å². The Hall–Kier alpha value is -0.450. The van der Waals surface area contributed by atoms with Gasteiger partial charge in [-0.3, -0.25) is 0 Å². The van der Waals surface area contributed by atoms with Crippen LogP contribution in [-0.2, 0) is 4.74 Å². The van der Waals surface area contributed by atoms with Gasteiger partial charge in [0.2, 0.25) is 0 Å². The summed E-state index contributed by atoms with van der Waals surface area (Å²) in [6.45, 7) is 0.862. The maximum absolute atomic E-state index is 6.38. The number of hydrogen-bond acceptors (Lipinski definition) is 4. The third kappa shape index (κ3) is 2.46. The lowest BCUT2D eigenvalue weighted by atomic mass is 9.77. The van der Waals surface area contributed by atoms with Crippen molar-refractivity contribution < 1.29 is 9.15 Å². The zero-order valence-corrected chi connectivity index (χ0v) is 11.5. The highest BCUT2D eigenvalue weighted by Gasteiger charge is 2.40. The topological polar surface area (TPSA) is 48.4 Å². The highest BCUT2D eigenvalue weighted by Crippen LogP contribution is 2.42. The van der Waals surface area contributed by atoms with Gasteiger partial charge >= 0.3 is 0 Å². The Morgan fingerprint density at radius 1 is 1.39 bits per heavy atom. The van der Waals surface area contributed by atoms with Crippen molar-refractivity contribution in [2.24, 2.45) is 11.7 Å². The first-order valence-electron chi connectivity index (χ1n) is 6.78. The van der Waals surface area contributed by atoms with Crippen molar-refractivity contribution in [3.05, 3.63) is 24.2 Å². The van der Waals surface area contributed by atoms with Crippen LogP contribution in [0.4, 0.5) is 0 Å². The molecular formula is C14H21NO2S. The average molecular weight is 267 g/mol. The van der Waals surface area contributed by atoms with Gasteiger partial charge in [0.1, 0.15) is 0 Å². The van der Waals surface area contributed by atoms with Crippen LogP contribution in [-0.4, -0.2) is 23.7 Å². The highest BCUT2D eigenvalue weighted by molar-refractivity contribution is 7.99. The quantitative estimate of drug-likeness (QED) is 0.895. The molecule has 0 amide bonds. The van der Waals surface area contributed by atoms with Crippen molar-refractivity contribution >= 4 is 11.8 Å². The minimum absolute atomic E-state index is 0.0964. The van der Waals surface area contributed by atoms with Crippen molar-refractivity contribution in [2.45, 2.75) is 37.3 Å². The predicted octanol–water partition coefficient (Wildman–Crippen LogP) is 2.97. The first kappa shape index (κ1) is 12.6. The molecule has 100 valence electrons. The number of furan rings is 1. The van der Waals surface area contributed by atoms with Gasteiger partial charge in [0.25, 0.3) is 0 Å². The Morgan fingerprint density at radius 2 is 2.22 bits per heavy atom. The summed E-state index contributed by atoms with van der Waals surface area (Å²) in [5.41, 5.74) is 7.63. The maximum atomic E-state index is 6.38. The largest absolute Gasteiger partial charge is 0.472 e. The van der Waals surface area contributed by atoms with E-state index in [4.69, 9.17) is 14.9 Å². The number of nitrogens with two attached hydrogens (primary N) is 1. The fourth-order valence-electron chi connectivity index (χ4n) is 3.20. The molecule has 1 aromatic heterocycles. The summed E-state index contributed by atoms with van der Waals surface area (Å²) < 4.78 is 11.3. The van der Waals surface area contributed by atoms with Crippen LogP contribution in [0.1, 0.15) is 37.3 Å². The van der Waals surface area contributed by atoms with Gasteiger partial charge in [-0.25, -0.2) is 0 Å². The van der Waals surface area contributed by atoms with E-state index in [1.807, 2.05) is 17.8 Å². The molecule has 2 atom stereocenters. The molecule has 2 saturated heterocycles. The van der Waals surface area contributed by atoms with Gasteiger partial charge in [0.05, 0.1) is 18.1 Å². The molecule has 1 aromatic rings. The smallest absolute Gasteiger partial charge is 0.0950 e. The highest BCUT2D eigenvalue weighted by atomic mass is 32.2. The van der Waals surface area contributed by atoms with Crippen molar-refractivity contribution in [3.63, 3.8) is 0 Å². The normalized spacial score (nSPS) is 29.3. The Morgan fingerprint density at radius 3 is 2.94 bits per heavy atom. The molecule has 2 N–H and O–H groups in total. The van der Waals surface area contributed by atoms with Crippen LogP contribution in [0.5, 0.6) is 0 Å². The molecule has 2 unspecified atom stereocenters. The Balaban J connectivity index is 1.70. The van der Waals surface area contributed by atoms with Gasteiger partial charge in [-0.15, -0.1) is 0 Å². The molecule has 0 radical (unpaired) electrons. The van der Waals surface area contributed by atoms with Gasteiger partial charge < -0.3 is 14.9 Å². The third-order valence-electron chi connectivity index (χ3n) is 4.37. The van der Waals surface area contributed by atoms with E-state index in [1.165, 1.54) is 24.3 Å². The summed E-state index contributed by atoms with van der Waals surface area (Å²) in [6, 6.07) is 2.09. The lowest BCUT2D eigenvalue weighted by molar-refractivity contribution is -0.105. The second-order valence-corrected chi connectivity index (χ2v) is 6.70. The van der Waals surface area contributed by atoms with E-state index in [0.29, 0.717) is 5.92 Å². The summed E-state index contributed by atoms with van der Waals surface area (Å²) in [5, 5.41) is 0. The van der Waals surface area contributed by atoms with Gasteiger partial charge in [-0.1, -0.05) is 0 Å². The first-order valence-corrected chi connectivity index (χ1v) is 7.94. The zero-order chi connectivity index (χ0) is 12.4. The van der Waals surface area contributed by atoms with Crippen LogP contribution in [0.2, 0.25) is 0 Å². The fraction of sp³-hybridized carbons (Fsp3) is 0.714. The lowest BCUT2D eigenvalue weighted by Gasteiger charge is -2.44. The summed E-state index contributed by atoms with van der Waals surface area (Å²) >= 11 is 2.04. The molecule has 4 heteroatoms. The van der Waals surface area contributed by atoms with Crippen LogP contribution >= 0.6 is 11.8 Å². The molecule has 3 rings (SSSR count). The molecule has 0 aliphatic carbocycles. The summed E-state index contributed by atoms with van der Waals surface area (Å²) in [6.07, 6.45) is 8.05. The molecule has 0 saturated carbocycles. The predicted molar refractivity (Wildman–Crippen MR) is 73.6 cm³/mol. The van der Waals surface area contributed by atoms with Gasteiger partial charge in [0.15, 0.2) is 0 Å².